The highest BCUT2D eigenvalue weighted by atomic mass is 16.2. The second kappa shape index (κ2) is 8.22. The number of hydrogen-bond acceptors (Lipinski definition) is 3. The minimum absolute atomic E-state index is 0.00970. The zero-order chi connectivity index (χ0) is 16.0. The van der Waals surface area contributed by atoms with Gasteiger partial charge >= 0.3 is 0 Å². The van der Waals surface area contributed by atoms with Crippen molar-refractivity contribution in [3.63, 3.8) is 0 Å². The lowest BCUT2D eigenvalue weighted by atomic mass is 10.1. The van der Waals surface area contributed by atoms with Crippen LogP contribution in [0, 0.1) is 5.92 Å². The van der Waals surface area contributed by atoms with Gasteiger partial charge in [-0.05, 0) is 26.7 Å². The number of guanidine groups is 1. The van der Waals surface area contributed by atoms with Gasteiger partial charge in [0.15, 0.2) is 5.96 Å². The highest BCUT2D eigenvalue weighted by Crippen LogP contribution is 2.18. The fourth-order valence-electron chi connectivity index (χ4n) is 2.40. The van der Waals surface area contributed by atoms with Crippen LogP contribution >= 0.6 is 0 Å². The van der Waals surface area contributed by atoms with E-state index in [1.165, 1.54) is 0 Å². The number of carbonyl (C=O) groups excluding carboxylic acids is 1. The molecule has 1 heterocycles. The predicted molar refractivity (Wildman–Crippen MR) is 87.5 cm³/mol. The number of aliphatic imine (C=N–C) groups is 1. The Bertz CT molecular complexity index is 367. The SMILES string of the molecule is CCNC(=NCC(=O)N(C)C)NC1CN(C(C)C)CC1C. The van der Waals surface area contributed by atoms with Crippen molar-refractivity contribution in [1.29, 1.82) is 0 Å². The topological polar surface area (TPSA) is 60.0 Å². The van der Waals surface area contributed by atoms with E-state index in [0.717, 1.165) is 25.6 Å². The molecule has 1 fully saturated rings. The molecule has 0 bridgehead atoms. The molecule has 0 aromatic carbocycles. The zero-order valence-corrected chi connectivity index (χ0v) is 14.3. The number of amides is 1. The summed E-state index contributed by atoms with van der Waals surface area (Å²) in [6.45, 7) is 11.8. The fourth-order valence-corrected chi connectivity index (χ4v) is 2.40. The van der Waals surface area contributed by atoms with E-state index in [0.29, 0.717) is 18.0 Å². The minimum Gasteiger partial charge on any atom is -0.357 e. The molecule has 0 aliphatic carbocycles. The Morgan fingerprint density at radius 1 is 1.38 bits per heavy atom. The lowest BCUT2D eigenvalue weighted by molar-refractivity contribution is -0.127. The van der Waals surface area contributed by atoms with Crippen LogP contribution in [-0.4, -0.2) is 74.0 Å². The van der Waals surface area contributed by atoms with Gasteiger partial charge in [-0.3, -0.25) is 9.69 Å². The smallest absolute Gasteiger partial charge is 0.243 e. The van der Waals surface area contributed by atoms with E-state index in [-0.39, 0.29) is 12.5 Å². The largest absolute Gasteiger partial charge is 0.357 e. The summed E-state index contributed by atoms with van der Waals surface area (Å²) in [6, 6.07) is 0.939. The average Bonchev–Trinajstić information content (AvgIpc) is 2.77. The van der Waals surface area contributed by atoms with Crippen LogP contribution in [0.1, 0.15) is 27.7 Å². The van der Waals surface area contributed by atoms with E-state index in [2.05, 4.69) is 41.3 Å². The Labute approximate surface area is 129 Å². The first-order valence-electron chi connectivity index (χ1n) is 7.84. The molecule has 122 valence electrons. The van der Waals surface area contributed by atoms with Crippen LogP contribution in [0.2, 0.25) is 0 Å². The van der Waals surface area contributed by atoms with Crippen molar-refractivity contribution in [2.75, 3.05) is 40.3 Å². The van der Waals surface area contributed by atoms with E-state index in [1.807, 2.05) is 6.92 Å². The first-order valence-corrected chi connectivity index (χ1v) is 7.84. The number of likely N-dealkylation sites (N-methyl/N-ethyl adjacent to an activating group) is 1. The maximum Gasteiger partial charge on any atom is 0.243 e. The van der Waals surface area contributed by atoms with E-state index in [1.54, 1.807) is 19.0 Å². The number of nitrogens with zero attached hydrogens (tertiary/aromatic N) is 3. The maximum absolute atomic E-state index is 11.6. The molecule has 1 amide bonds. The molecule has 1 rings (SSSR count). The molecule has 1 saturated heterocycles. The van der Waals surface area contributed by atoms with Crippen LogP contribution in [-0.2, 0) is 4.79 Å². The Kier molecular flexibility index (Phi) is 6.95. The van der Waals surface area contributed by atoms with Gasteiger partial charge in [-0.15, -0.1) is 0 Å². The molecular weight excluding hydrogens is 266 g/mol. The third-order valence-electron chi connectivity index (χ3n) is 3.91. The Balaban J connectivity index is 2.62. The molecule has 0 aromatic rings. The van der Waals surface area contributed by atoms with Crippen molar-refractivity contribution in [2.45, 2.75) is 39.8 Å². The summed E-state index contributed by atoms with van der Waals surface area (Å²) >= 11 is 0. The molecule has 0 saturated carbocycles. The number of rotatable bonds is 5. The summed E-state index contributed by atoms with van der Waals surface area (Å²) in [6.07, 6.45) is 0. The molecule has 2 unspecified atom stereocenters. The average molecular weight is 297 g/mol. The van der Waals surface area contributed by atoms with E-state index >= 15 is 0 Å². The Hall–Kier alpha value is -1.30. The minimum atomic E-state index is 0.00970. The van der Waals surface area contributed by atoms with Gasteiger partial charge in [0.2, 0.25) is 5.91 Å². The van der Waals surface area contributed by atoms with Crippen molar-refractivity contribution in [3.8, 4) is 0 Å². The van der Waals surface area contributed by atoms with Gasteiger partial charge in [0.1, 0.15) is 6.54 Å². The Morgan fingerprint density at radius 2 is 2.05 bits per heavy atom. The molecule has 6 nitrogen and oxygen atoms in total. The summed E-state index contributed by atoms with van der Waals surface area (Å²) in [4.78, 5) is 20.1. The highest BCUT2D eigenvalue weighted by Gasteiger charge is 2.31. The molecule has 0 spiro atoms. The number of nitrogens with one attached hydrogen (secondary N) is 2. The van der Waals surface area contributed by atoms with E-state index in [4.69, 9.17) is 0 Å². The normalized spacial score (nSPS) is 23.5. The first kappa shape index (κ1) is 17.8. The van der Waals surface area contributed by atoms with Crippen molar-refractivity contribution in [1.82, 2.24) is 20.4 Å². The van der Waals surface area contributed by atoms with Crippen LogP contribution in [0.15, 0.2) is 4.99 Å². The van der Waals surface area contributed by atoms with Crippen LogP contribution in [0.5, 0.6) is 0 Å². The monoisotopic (exact) mass is 297 g/mol. The summed E-state index contributed by atoms with van der Waals surface area (Å²) in [5.41, 5.74) is 0. The highest BCUT2D eigenvalue weighted by molar-refractivity contribution is 5.84. The van der Waals surface area contributed by atoms with Crippen LogP contribution in [0.3, 0.4) is 0 Å². The lowest BCUT2D eigenvalue weighted by Gasteiger charge is -2.22. The predicted octanol–water partition coefficient (Wildman–Crippen LogP) is 0.358. The van der Waals surface area contributed by atoms with Crippen molar-refractivity contribution >= 4 is 11.9 Å². The zero-order valence-electron chi connectivity index (χ0n) is 14.3. The molecule has 6 heteroatoms. The van der Waals surface area contributed by atoms with Gasteiger partial charge in [-0.25, -0.2) is 4.99 Å². The number of likely N-dealkylation sites (tertiary alicyclic amines) is 1. The molecule has 21 heavy (non-hydrogen) atoms. The number of hydrogen-bond donors (Lipinski definition) is 2. The van der Waals surface area contributed by atoms with E-state index in [9.17, 15) is 4.79 Å². The second-order valence-electron chi connectivity index (χ2n) is 6.26. The van der Waals surface area contributed by atoms with Crippen molar-refractivity contribution in [2.24, 2.45) is 10.9 Å². The van der Waals surface area contributed by atoms with Crippen LogP contribution in [0.4, 0.5) is 0 Å². The van der Waals surface area contributed by atoms with Gasteiger partial charge < -0.3 is 15.5 Å². The summed E-state index contributed by atoms with van der Waals surface area (Å²) in [7, 11) is 3.50. The summed E-state index contributed by atoms with van der Waals surface area (Å²) in [5, 5.41) is 6.69. The third kappa shape index (κ3) is 5.53. The summed E-state index contributed by atoms with van der Waals surface area (Å²) in [5.74, 6) is 1.31. The molecular formula is C15H31N5O. The van der Waals surface area contributed by atoms with Crippen LogP contribution < -0.4 is 10.6 Å². The Morgan fingerprint density at radius 3 is 2.52 bits per heavy atom. The lowest BCUT2D eigenvalue weighted by Crippen LogP contribution is -2.47. The second-order valence-corrected chi connectivity index (χ2v) is 6.26. The van der Waals surface area contributed by atoms with Gasteiger partial charge in [0.05, 0.1) is 0 Å². The maximum atomic E-state index is 11.6. The molecule has 0 aromatic heterocycles. The van der Waals surface area contributed by atoms with Crippen LogP contribution in [0.25, 0.3) is 0 Å². The molecule has 2 N–H and O–H groups in total. The quantitative estimate of drug-likeness (QED) is 0.568. The third-order valence-corrected chi connectivity index (χ3v) is 3.91. The van der Waals surface area contributed by atoms with Gasteiger partial charge in [0, 0.05) is 45.8 Å². The molecule has 1 aliphatic rings. The van der Waals surface area contributed by atoms with Gasteiger partial charge in [-0.2, -0.15) is 0 Å². The standard InChI is InChI=1S/C15H31N5O/c1-7-16-15(17-8-14(21)19(5)6)18-13-10-20(11(2)3)9-12(13)4/h11-13H,7-10H2,1-6H3,(H2,16,17,18). The molecule has 1 aliphatic heterocycles. The number of carbonyl (C=O) groups is 1. The molecule has 2 atom stereocenters. The van der Waals surface area contributed by atoms with E-state index < -0.39 is 0 Å². The first-order chi connectivity index (χ1) is 9.85. The van der Waals surface area contributed by atoms with Gasteiger partial charge in [-0.1, -0.05) is 6.92 Å². The van der Waals surface area contributed by atoms with Crippen molar-refractivity contribution in [3.05, 3.63) is 0 Å². The summed E-state index contributed by atoms with van der Waals surface area (Å²) < 4.78 is 0. The molecule has 0 radical (unpaired) electrons. The van der Waals surface area contributed by atoms with Crippen molar-refractivity contribution < 1.29 is 4.79 Å². The fraction of sp³-hybridized carbons (Fsp3) is 0.867. The van der Waals surface area contributed by atoms with Gasteiger partial charge in [0.25, 0.3) is 0 Å².